The molecule has 0 amide bonds. The van der Waals surface area contributed by atoms with Crippen molar-refractivity contribution in [3.8, 4) is 0 Å². The molecular weight excluding hydrogens is 222 g/mol. The summed E-state index contributed by atoms with van der Waals surface area (Å²) in [5, 5.41) is 3.34. The molecule has 1 rings (SSSR count). The molecule has 0 aliphatic rings. The van der Waals surface area contributed by atoms with Gasteiger partial charge in [0.1, 0.15) is 11.6 Å². The van der Waals surface area contributed by atoms with Crippen LogP contribution in [0.2, 0.25) is 0 Å². The number of pyridine rings is 1. The molecule has 0 aromatic carbocycles. The molecule has 1 heterocycles. The summed E-state index contributed by atoms with van der Waals surface area (Å²) in [5.41, 5.74) is 0. The van der Waals surface area contributed by atoms with Gasteiger partial charge >= 0.3 is 0 Å². The van der Waals surface area contributed by atoms with Gasteiger partial charge in [-0.05, 0) is 31.4 Å². The predicted molar refractivity (Wildman–Crippen MR) is 80.4 cm³/mol. The lowest BCUT2D eigenvalue weighted by Crippen LogP contribution is -2.29. The maximum Gasteiger partial charge on any atom is 0.130 e. The molecule has 1 N–H and O–H groups in total. The van der Waals surface area contributed by atoms with Crippen LogP contribution < -0.4 is 10.2 Å². The van der Waals surface area contributed by atoms with Crippen molar-refractivity contribution < 1.29 is 0 Å². The zero-order valence-corrected chi connectivity index (χ0v) is 12.2. The zero-order valence-electron chi connectivity index (χ0n) is 12.2. The third-order valence-corrected chi connectivity index (χ3v) is 3.23. The maximum atomic E-state index is 4.68. The van der Waals surface area contributed by atoms with Gasteiger partial charge in [0.2, 0.25) is 0 Å². The average Bonchev–Trinajstić information content (AvgIpc) is 2.42. The van der Waals surface area contributed by atoms with E-state index >= 15 is 0 Å². The lowest BCUT2D eigenvalue weighted by atomic mass is 10.1. The van der Waals surface area contributed by atoms with Crippen LogP contribution in [-0.2, 0) is 0 Å². The zero-order chi connectivity index (χ0) is 13.4. The van der Waals surface area contributed by atoms with Crippen molar-refractivity contribution in [1.82, 2.24) is 4.98 Å². The van der Waals surface area contributed by atoms with Crippen LogP contribution in [0.4, 0.5) is 11.6 Å². The summed E-state index contributed by atoms with van der Waals surface area (Å²) in [5.74, 6) is 2.77. The Hall–Kier alpha value is -1.25. The molecule has 0 saturated heterocycles. The Morgan fingerprint density at radius 2 is 2.06 bits per heavy atom. The summed E-state index contributed by atoms with van der Waals surface area (Å²) in [6.45, 7) is 12.0. The van der Waals surface area contributed by atoms with Crippen LogP contribution in [0.3, 0.4) is 0 Å². The number of rotatable bonds is 8. The lowest BCUT2D eigenvalue weighted by molar-refractivity contribution is 0.545. The molecule has 0 fully saturated rings. The second-order valence-corrected chi connectivity index (χ2v) is 4.86. The number of hydrogen-bond acceptors (Lipinski definition) is 3. The Morgan fingerprint density at radius 1 is 1.28 bits per heavy atom. The van der Waals surface area contributed by atoms with E-state index in [0.29, 0.717) is 5.92 Å². The largest absolute Gasteiger partial charge is 0.370 e. The molecule has 1 atom stereocenters. The Bertz CT molecular complexity index is 338. The molecule has 18 heavy (non-hydrogen) atoms. The van der Waals surface area contributed by atoms with Gasteiger partial charge in [0, 0.05) is 19.6 Å². The number of aromatic nitrogens is 1. The van der Waals surface area contributed by atoms with Crippen LogP contribution in [0.25, 0.3) is 0 Å². The van der Waals surface area contributed by atoms with Crippen molar-refractivity contribution in [3.63, 3.8) is 0 Å². The first-order chi connectivity index (χ1) is 8.71. The number of anilines is 2. The molecule has 0 bridgehead atoms. The second-order valence-electron chi connectivity index (χ2n) is 4.86. The molecule has 0 radical (unpaired) electrons. The molecule has 102 valence electrons. The quantitative estimate of drug-likeness (QED) is 0.760. The van der Waals surface area contributed by atoms with Gasteiger partial charge in [0.15, 0.2) is 0 Å². The van der Waals surface area contributed by atoms with Crippen LogP contribution in [-0.4, -0.2) is 24.6 Å². The number of nitrogens with one attached hydrogen (secondary N) is 1. The summed E-state index contributed by atoms with van der Waals surface area (Å²) in [6, 6.07) is 6.22. The molecule has 0 saturated carbocycles. The van der Waals surface area contributed by atoms with E-state index in [0.717, 1.165) is 37.7 Å². The van der Waals surface area contributed by atoms with Gasteiger partial charge in [-0.2, -0.15) is 0 Å². The van der Waals surface area contributed by atoms with Crippen LogP contribution in [0, 0.1) is 5.92 Å². The summed E-state index contributed by atoms with van der Waals surface area (Å²) in [6.07, 6.45) is 2.33. The number of nitrogens with zero attached hydrogens (tertiary/aromatic N) is 2. The smallest absolute Gasteiger partial charge is 0.130 e. The molecule has 0 aliphatic carbocycles. The molecule has 0 aliphatic heterocycles. The maximum absolute atomic E-state index is 4.68. The fourth-order valence-electron chi connectivity index (χ4n) is 1.84. The van der Waals surface area contributed by atoms with E-state index in [4.69, 9.17) is 0 Å². The van der Waals surface area contributed by atoms with Crippen LogP contribution in [0.1, 0.15) is 40.5 Å². The highest BCUT2D eigenvalue weighted by Gasteiger charge is 2.09. The SMILES string of the molecule is CCCNc1cccc(N(CC)CC(C)CC)n1. The van der Waals surface area contributed by atoms with E-state index in [9.17, 15) is 0 Å². The van der Waals surface area contributed by atoms with E-state index in [-0.39, 0.29) is 0 Å². The molecule has 1 aromatic rings. The predicted octanol–water partition coefficient (Wildman–Crippen LogP) is 3.78. The van der Waals surface area contributed by atoms with E-state index in [1.807, 2.05) is 6.07 Å². The molecular formula is C15H27N3. The van der Waals surface area contributed by atoms with E-state index in [1.165, 1.54) is 6.42 Å². The number of hydrogen-bond donors (Lipinski definition) is 1. The summed E-state index contributed by atoms with van der Waals surface area (Å²) in [7, 11) is 0. The topological polar surface area (TPSA) is 28.2 Å². The van der Waals surface area contributed by atoms with Gasteiger partial charge in [-0.15, -0.1) is 0 Å². The summed E-state index contributed by atoms with van der Waals surface area (Å²) < 4.78 is 0. The standard InChI is InChI=1S/C15H27N3/c1-5-11-16-14-9-8-10-15(17-14)18(7-3)12-13(4)6-2/h8-10,13H,5-7,11-12H2,1-4H3,(H,16,17). The van der Waals surface area contributed by atoms with Crippen LogP contribution in [0.15, 0.2) is 18.2 Å². The molecule has 1 unspecified atom stereocenters. The van der Waals surface area contributed by atoms with Gasteiger partial charge in [0.05, 0.1) is 0 Å². The van der Waals surface area contributed by atoms with Gasteiger partial charge in [-0.1, -0.05) is 33.3 Å². The summed E-state index contributed by atoms with van der Waals surface area (Å²) in [4.78, 5) is 7.04. The van der Waals surface area contributed by atoms with Crippen molar-refractivity contribution in [2.75, 3.05) is 29.9 Å². The lowest BCUT2D eigenvalue weighted by Gasteiger charge is -2.25. The minimum Gasteiger partial charge on any atom is -0.370 e. The first-order valence-corrected chi connectivity index (χ1v) is 7.17. The van der Waals surface area contributed by atoms with Crippen LogP contribution >= 0.6 is 0 Å². The van der Waals surface area contributed by atoms with Crippen molar-refractivity contribution in [1.29, 1.82) is 0 Å². The summed E-state index contributed by atoms with van der Waals surface area (Å²) >= 11 is 0. The molecule has 3 heteroatoms. The van der Waals surface area contributed by atoms with Gasteiger partial charge in [-0.3, -0.25) is 0 Å². The minimum absolute atomic E-state index is 0.707. The highest BCUT2D eigenvalue weighted by atomic mass is 15.2. The Labute approximate surface area is 112 Å². The average molecular weight is 249 g/mol. The fraction of sp³-hybridized carbons (Fsp3) is 0.667. The molecule has 3 nitrogen and oxygen atoms in total. The Balaban J connectivity index is 2.72. The van der Waals surface area contributed by atoms with Crippen molar-refractivity contribution in [2.24, 2.45) is 5.92 Å². The Kier molecular flexibility index (Phi) is 6.55. The van der Waals surface area contributed by atoms with Gasteiger partial charge in [-0.25, -0.2) is 4.98 Å². The Morgan fingerprint density at radius 3 is 2.67 bits per heavy atom. The minimum atomic E-state index is 0.707. The molecule has 0 spiro atoms. The third-order valence-electron chi connectivity index (χ3n) is 3.23. The highest BCUT2D eigenvalue weighted by molar-refractivity contribution is 5.47. The van der Waals surface area contributed by atoms with Crippen molar-refractivity contribution in [2.45, 2.75) is 40.5 Å². The van der Waals surface area contributed by atoms with Crippen molar-refractivity contribution >= 4 is 11.6 Å². The van der Waals surface area contributed by atoms with E-state index in [2.05, 4.69) is 55.0 Å². The first-order valence-electron chi connectivity index (χ1n) is 7.17. The van der Waals surface area contributed by atoms with Crippen LogP contribution in [0.5, 0.6) is 0 Å². The van der Waals surface area contributed by atoms with E-state index in [1.54, 1.807) is 0 Å². The first kappa shape index (κ1) is 14.8. The van der Waals surface area contributed by atoms with E-state index < -0.39 is 0 Å². The van der Waals surface area contributed by atoms with Crippen molar-refractivity contribution in [3.05, 3.63) is 18.2 Å². The van der Waals surface area contributed by atoms with Gasteiger partial charge in [0.25, 0.3) is 0 Å². The van der Waals surface area contributed by atoms with Gasteiger partial charge < -0.3 is 10.2 Å². The normalized spacial score (nSPS) is 12.2. The monoisotopic (exact) mass is 249 g/mol. The third kappa shape index (κ3) is 4.55. The second kappa shape index (κ2) is 7.96. The molecule has 1 aromatic heterocycles. The fourth-order valence-corrected chi connectivity index (χ4v) is 1.84. The highest BCUT2D eigenvalue weighted by Crippen LogP contribution is 2.16.